The van der Waals surface area contributed by atoms with Gasteiger partial charge in [0.25, 0.3) is 0 Å². The van der Waals surface area contributed by atoms with Gasteiger partial charge in [-0.1, -0.05) is 66.2 Å². The van der Waals surface area contributed by atoms with Gasteiger partial charge in [-0.2, -0.15) is 0 Å². The van der Waals surface area contributed by atoms with Gasteiger partial charge in [0.2, 0.25) is 0 Å². The molecule has 35 heavy (non-hydrogen) atoms. The third kappa shape index (κ3) is 32.2. The van der Waals surface area contributed by atoms with Crippen LogP contribution in [0.25, 0.3) is 0 Å². The molecule has 0 aromatic rings. The maximum absolute atomic E-state index is 11.0. The number of rotatable bonds is 16. The van der Waals surface area contributed by atoms with E-state index in [0.717, 1.165) is 63.5 Å². The summed E-state index contributed by atoms with van der Waals surface area (Å²) in [5.41, 5.74) is 0. The number of hydrogen-bond acceptors (Lipinski definition) is 8. The van der Waals surface area contributed by atoms with Gasteiger partial charge in [0, 0.05) is 12.2 Å². The van der Waals surface area contributed by atoms with E-state index in [1.54, 1.807) is 0 Å². The van der Waals surface area contributed by atoms with Gasteiger partial charge in [-0.3, -0.25) is 0 Å². The molecule has 0 saturated heterocycles. The summed E-state index contributed by atoms with van der Waals surface area (Å²) in [6, 6.07) is 0. The second-order valence-electron chi connectivity index (χ2n) is 7.90. The van der Waals surface area contributed by atoms with Crippen LogP contribution in [0.3, 0.4) is 0 Å². The van der Waals surface area contributed by atoms with Crippen molar-refractivity contribution >= 4 is 45.0 Å². The van der Waals surface area contributed by atoms with Crippen LogP contribution in [0.4, 0.5) is 0 Å². The number of carboxylic acids is 2. The van der Waals surface area contributed by atoms with Gasteiger partial charge in [-0.25, -0.2) is 9.59 Å². The zero-order valence-corrected chi connectivity index (χ0v) is 25.2. The minimum atomic E-state index is -1.39. The number of carbonyl (C=O) groups excluding carboxylic acids is 4. The van der Waals surface area contributed by atoms with E-state index < -0.39 is 23.9 Å². The third-order valence-electron chi connectivity index (χ3n) is 4.72. The van der Waals surface area contributed by atoms with Crippen LogP contribution < -0.4 is 10.2 Å². The van der Waals surface area contributed by atoms with Crippen LogP contribution in [0.2, 0.25) is 9.88 Å². The Labute approximate surface area is 221 Å². The molecular formula is C26H44O8Sn. The Bertz CT molecular complexity index is 564. The first-order valence-corrected chi connectivity index (χ1v) is 18.0. The molecule has 2 unspecified atom stereocenters. The van der Waals surface area contributed by atoms with Crippen LogP contribution in [0.15, 0.2) is 24.3 Å². The Balaban J connectivity index is -0.000000525. The standard InChI is InChI=1S/2C12H20O4.2CH3.Sn/c2*1-3-5-6-10(4-2)9-16-12(15)8-7-11(13)14;;;/h2*7-8,10H,3-6,9H2,1-2H3,(H,13,14);2*1H3;/q;;;;+2/p-2/b2*8-7-;;;. The predicted molar refractivity (Wildman–Crippen MR) is 134 cm³/mol. The average molecular weight is 603 g/mol. The van der Waals surface area contributed by atoms with Crippen LogP contribution in [-0.4, -0.2) is 58.2 Å². The zero-order chi connectivity index (χ0) is 27.5. The fraction of sp³-hybridized carbons (Fsp3) is 0.692. The van der Waals surface area contributed by atoms with Gasteiger partial charge in [0.1, 0.15) is 0 Å². The van der Waals surface area contributed by atoms with Gasteiger partial charge in [-0.15, -0.1) is 0 Å². The molecule has 0 heterocycles. The SMILES string of the molecule is CCCCC(CC)COC(=O)/C=C\C(=O)[O-].CCCCC(CC)COC(=O)/C=C\C(=O)[O-].[CH3][Sn+2][CH3]. The summed E-state index contributed by atoms with van der Waals surface area (Å²) in [6.07, 6.45) is 11.6. The molecule has 0 aromatic carbocycles. The van der Waals surface area contributed by atoms with E-state index in [1.807, 2.05) is 13.8 Å². The Morgan fingerprint density at radius 1 is 0.686 bits per heavy atom. The van der Waals surface area contributed by atoms with Crippen molar-refractivity contribution in [2.24, 2.45) is 11.8 Å². The normalized spacial score (nSPS) is 11.8. The number of carbonyl (C=O) groups is 4. The van der Waals surface area contributed by atoms with Gasteiger partial charge in [0.15, 0.2) is 0 Å². The van der Waals surface area contributed by atoms with E-state index in [1.165, 1.54) is 0 Å². The van der Waals surface area contributed by atoms with Gasteiger partial charge in [0.05, 0.1) is 25.2 Å². The molecule has 0 radical (unpaired) electrons. The van der Waals surface area contributed by atoms with Crippen molar-refractivity contribution in [1.82, 2.24) is 0 Å². The molecular weight excluding hydrogens is 559 g/mol. The summed E-state index contributed by atoms with van der Waals surface area (Å²) in [4.78, 5) is 46.7. The number of aliphatic carboxylic acids is 2. The van der Waals surface area contributed by atoms with Crippen molar-refractivity contribution in [3.05, 3.63) is 24.3 Å². The van der Waals surface area contributed by atoms with Crippen molar-refractivity contribution in [1.29, 1.82) is 0 Å². The van der Waals surface area contributed by atoms with Gasteiger partial charge < -0.3 is 29.3 Å². The molecule has 0 N–H and O–H groups in total. The molecule has 200 valence electrons. The summed E-state index contributed by atoms with van der Waals surface area (Å²) in [6.45, 7) is 9.03. The average Bonchev–Trinajstić information content (AvgIpc) is 2.82. The molecule has 0 amide bonds. The molecule has 0 rings (SSSR count). The van der Waals surface area contributed by atoms with Crippen molar-refractivity contribution < 1.29 is 38.9 Å². The number of unbranched alkanes of at least 4 members (excludes halogenated alkanes) is 2. The summed E-state index contributed by atoms with van der Waals surface area (Å²) < 4.78 is 9.85. The number of esters is 2. The second kappa shape index (κ2) is 28.4. The minimum absolute atomic E-state index is 0.230. The Morgan fingerprint density at radius 2 is 1.00 bits per heavy atom. The zero-order valence-electron chi connectivity index (χ0n) is 22.3. The van der Waals surface area contributed by atoms with Crippen molar-refractivity contribution in [2.75, 3.05) is 13.2 Å². The number of carboxylic acid groups (broad SMARTS) is 2. The van der Waals surface area contributed by atoms with Crippen molar-refractivity contribution in [3.63, 3.8) is 0 Å². The molecule has 0 aliphatic heterocycles. The molecule has 8 nitrogen and oxygen atoms in total. The molecule has 0 aliphatic carbocycles. The molecule has 0 saturated carbocycles. The van der Waals surface area contributed by atoms with Crippen LogP contribution in [0.1, 0.15) is 79.1 Å². The Kier molecular flexibility index (Phi) is 30.6. The molecule has 0 aromatic heterocycles. The van der Waals surface area contributed by atoms with E-state index in [4.69, 9.17) is 9.47 Å². The number of hydrogen-bond donors (Lipinski definition) is 0. The fourth-order valence-corrected chi connectivity index (χ4v) is 2.56. The molecule has 0 bridgehead atoms. The summed E-state index contributed by atoms with van der Waals surface area (Å²) in [5.74, 6) is -3.32. The summed E-state index contributed by atoms with van der Waals surface area (Å²) >= 11 is 0.230. The van der Waals surface area contributed by atoms with Crippen LogP contribution >= 0.6 is 0 Å². The molecule has 0 fully saturated rings. The Morgan fingerprint density at radius 3 is 1.23 bits per heavy atom. The Hall–Kier alpha value is -1.84. The predicted octanol–water partition coefficient (Wildman–Crippen LogP) is 2.89. The first-order chi connectivity index (χ1) is 16.6. The van der Waals surface area contributed by atoms with Crippen LogP contribution in [0.5, 0.6) is 0 Å². The summed E-state index contributed by atoms with van der Waals surface area (Å²) in [7, 11) is 0. The van der Waals surface area contributed by atoms with E-state index in [0.29, 0.717) is 37.2 Å². The molecule has 0 aliphatic rings. The monoisotopic (exact) mass is 604 g/mol. The van der Waals surface area contributed by atoms with Gasteiger partial charge >= 0.3 is 43.0 Å². The van der Waals surface area contributed by atoms with Crippen LogP contribution in [-0.2, 0) is 28.7 Å². The third-order valence-corrected chi connectivity index (χ3v) is 4.72. The first kappa shape index (κ1) is 37.7. The second-order valence-corrected chi connectivity index (χ2v) is 10.8. The summed E-state index contributed by atoms with van der Waals surface area (Å²) in [5, 5.41) is 20.1. The van der Waals surface area contributed by atoms with E-state index in [-0.39, 0.29) is 21.1 Å². The topological polar surface area (TPSA) is 133 Å². The fourth-order valence-electron chi connectivity index (χ4n) is 2.56. The molecule has 0 spiro atoms. The van der Waals surface area contributed by atoms with E-state index in [9.17, 15) is 29.4 Å². The first-order valence-electron chi connectivity index (χ1n) is 12.3. The van der Waals surface area contributed by atoms with E-state index in [2.05, 4.69) is 23.7 Å². The van der Waals surface area contributed by atoms with Crippen molar-refractivity contribution in [3.8, 4) is 0 Å². The van der Waals surface area contributed by atoms with Crippen LogP contribution in [0, 0.1) is 11.8 Å². The quantitative estimate of drug-likeness (QED) is 0.150. The maximum atomic E-state index is 11.0. The van der Waals surface area contributed by atoms with Gasteiger partial charge in [-0.05, 0) is 36.8 Å². The van der Waals surface area contributed by atoms with E-state index >= 15 is 0 Å². The number of ether oxygens (including phenoxy) is 2. The molecule has 9 heteroatoms. The molecule has 2 atom stereocenters. The van der Waals surface area contributed by atoms with Crippen molar-refractivity contribution in [2.45, 2.75) is 88.9 Å².